The SMILES string of the molecule is CCCCCC(N)C(=O)NCC(N)=O. The molecule has 0 saturated heterocycles. The monoisotopic (exact) mass is 201 g/mol. The molecule has 0 aliphatic rings. The van der Waals surface area contributed by atoms with Gasteiger partial charge in [0.25, 0.3) is 0 Å². The molecule has 0 bridgehead atoms. The molecule has 82 valence electrons. The Morgan fingerprint density at radius 2 is 2.00 bits per heavy atom. The van der Waals surface area contributed by atoms with Gasteiger partial charge in [0.2, 0.25) is 11.8 Å². The summed E-state index contributed by atoms with van der Waals surface area (Å²) in [6.07, 6.45) is 3.74. The number of nitrogens with one attached hydrogen (secondary N) is 1. The third-order valence-electron chi connectivity index (χ3n) is 1.89. The minimum Gasteiger partial charge on any atom is -0.368 e. The van der Waals surface area contributed by atoms with Gasteiger partial charge >= 0.3 is 0 Å². The van der Waals surface area contributed by atoms with Crippen molar-refractivity contribution in [2.75, 3.05) is 6.54 Å². The van der Waals surface area contributed by atoms with Crippen molar-refractivity contribution in [3.05, 3.63) is 0 Å². The van der Waals surface area contributed by atoms with Crippen LogP contribution in [-0.2, 0) is 9.59 Å². The topological polar surface area (TPSA) is 98.2 Å². The van der Waals surface area contributed by atoms with Gasteiger partial charge in [-0.3, -0.25) is 9.59 Å². The molecule has 14 heavy (non-hydrogen) atoms. The number of rotatable bonds is 7. The molecule has 0 aliphatic heterocycles. The predicted octanol–water partition coefficient (Wildman–Crippen LogP) is -0.504. The van der Waals surface area contributed by atoms with E-state index in [0.29, 0.717) is 6.42 Å². The van der Waals surface area contributed by atoms with Crippen LogP contribution in [0, 0.1) is 0 Å². The van der Waals surface area contributed by atoms with Crippen LogP contribution in [0.4, 0.5) is 0 Å². The first-order chi connectivity index (χ1) is 6.57. The molecule has 0 heterocycles. The average Bonchev–Trinajstić information content (AvgIpc) is 2.14. The average molecular weight is 201 g/mol. The van der Waals surface area contributed by atoms with Crippen molar-refractivity contribution >= 4 is 11.8 Å². The molecule has 0 aromatic heterocycles. The molecule has 0 aliphatic carbocycles. The zero-order chi connectivity index (χ0) is 11.0. The maximum absolute atomic E-state index is 11.2. The molecular formula is C9H19N3O2. The molecule has 0 radical (unpaired) electrons. The summed E-state index contributed by atoms with van der Waals surface area (Å²) in [5.41, 5.74) is 10.4. The molecule has 0 aromatic carbocycles. The van der Waals surface area contributed by atoms with Gasteiger partial charge < -0.3 is 16.8 Å². The summed E-state index contributed by atoms with van der Waals surface area (Å²) >= 11 is 0. The Hall–Kier alpha value is -1.10. The maximum atomic E-state index is 11.2. The summed E-state index contributed by atoms with van der Waals surface area (Å²) in [4.78, 5) is 21.6. The number of hydrogen-bond donors (Lipinski definition) is 3. The van der Waals surface area contributed by atoms with Crippen LogP contribution in [0.1, 0.15) is 32.6 Å². The summed E-state index contributed by atoms with van der Waals surface area (Å²) in [5.74, 6) is -0.862. The second kappa shape index (κ2) is 7.32. The summed E-state index contributed by atoms with van der Waals surface area (Å²) in [7, 11) is 0. The predicted molar refractivity (Wildman–Crippen MR) is 54.3 cm³/mol. The summed E-state index contributed by atoms with van der Waals surface area (Å²) in [6.45, 7) is 1.94. The van der Waals surface area contributed by atoms with E-state index >= 15 is 0 Å². The van der Waals surface area contributed by atoms with Crippen LogP contribution in [0.25, 0.3) is 0 Å². The van der Waals surface area contributed by atoms with Gasteiger partial charge in [0.1, 0.15) is 0 Å². The Kier molecular flexibility index (Phi) is 6.74. The van der Waals surface area contributed by atoms with Gasteiger partial charge in [0, 0.05) is 0 Å². The first-order valence-corrected chi connectivity index (χ1v) is 4.89. The van der Waals surface area contributed by atoms with Crippen molar-refractivity contribution in [1.82, 2.24) is 5.32 Å². The molecule has 1 atom stereocenters. The third-order valence-corrected chi connectivity index (χ3v) is 1.89. The summed E-state index contributed by atoms with van der Waals surface area (Å²) < 4.78 is 0. The number of nitrogens with two attached hydrogens (primary N) is 2. The van der Waals surface area contributed by atoms with Crippen LogP contribution in [0.15, 0.2) is 0 Å². The highest BCUT2D eigenvalue weighted by atomic mass is 16.2. The normalized spacial score (nSPS) is 12.1. The lowest BCUT2D eigenvalue weighted by Gasteiger charge is -2.10. The number of carbonyl (C=O) groups is 2. The fourth-order valence-corrected chi connectivity index (χ4v) is 1.05. The number of unbranched alkanes of at least 4 members (excludes halogenated alkanes) is 2. The molecule has 0 saturated carbocycles. The molecule has 1 unspecified atom stereocenters. The first-order valence-electron chi connectivity index (χ1n) is 4.89. The Morgan fingerprint density at radius 3 is 2.50 bits per heavy atom. The lowest BCUT2D eigenvalue weighted by atomic mass is 10.1. The van der Waals surface area contributed by atoms with Crippen molar-refractivity contribution in [2.45, 2.75) is 38.6 Å². The second-order valence-corrected chi connectivity index (χ2v) is 3.29. The highest BCUT2D eigenvalue weighted by molar-refractivity contribution is 5.86. The minimum atomic E-state index is -0.556. The van der Waals surface area contributed by atoms with Gasteiger partial charge in [-0.05, 0) is 6.42 Å². The van der Waals surface area contributed by atoms with Crippen molar-refractivity contribution < 1.29 is 9.59 Å². The van der Waals surface area contributed by atoms with Crippen LogP contribution in [-0.4, -0.2) is 24.4 Å². The molecule has 0 fully saturated rings. The van der Waals surface area contributed by atoms with E-state index in [1.807, 2.05) is 0 Å². The van der Waals surface area contributed by atoms with E-state index in [1.54, 1.807) is 0 Å². The Bertz CT molecular complexity index is 194. The molecular weight excluding hydrogens is 182 g/mol. The van der Waals surface area contributed by atoms with Crippen LogP contribution >= 0.6 is 0 Å². The fraction of sp³-hybridized carbons (Fsp3) is 0.778. The van der Waals surface area contributed by atoms with Gasteiger partial charge in [-0.15, -0.1) is 0 Å². The van der Waals surface area contributed by atoms with Crippen molar-refractivity contribution in [2.24, 2.45) is 11.5 Å². The maximum Gasteiger partial charge on any atom is 0.237 e. The molecule has 0 spiro atoms. The number of carbonyl (C=O) groups excluding carboxylic acids is 2. The van der Waals surface area contributed by atoms with E-state index in [2.05, 4.69) is 12.2 Å². The lowest BCUT2D eigenvalue weighted by molar-refractivity contribution is -0.125. The molecule has 0 aromatic rings. The second-order valence-electron chi connectivity index (χ2n) is 3.29. The van der Waals surface area contributed by atoms with E-state index in [0.717, 1.165) is 19.3 Å². The van der Waals surface area contributed by atoms with Crippen LogP contribution < -0.4 is 16.8 Å². The van der Waals surface area contributed by atoms with E-state index in [-0.39, 0.29) is 12.5 Å². The van der Waals surface area contributed by atoms with Gasteiger partial charge in [-0.2, -0.15) is 0 Å². The van der Waals surface area contributed by atoms with Crippen LogP contribution in [0.3, 0.4) is 0 Å². The smallest absolute Gasteiger partial charge is 0.237 e. The zero-order valence-corrected chi connectivity index (χ0v) is 8.58. The van der Waals surface area contributed by atoms with Crippen molar-refractivity contribution in [3.63, 3.8) is 0 Å². The lowest BCUT2D eigenvalue weighted by Crippen LogP contribution is -2.43. The van der Waals surface area contributed by atoms with Gasteiger partial charge in [0.05, 0.1) is 12.6 Å². The Labute approximate surface area is 84.2 Å². The quantitative estimate of drug-likeness (QED) is 0.484. The fourth-order valence-electron chi connectivity index (χ4n) is 1.05. The van der Waals surface area contributed by atoms with Gasteiger partial charge in [-0.25, -0.2) is 0 Å². The van der Waals surface area contributed by atoms with Gasteiger partial charge in [-0.1, -0.05) is 26.2 Å². The number of primary amides is 1. The highest BCUT2D eigenvalue weighted by Gasteiger charge is 2.12. The molecule has 5 heteroatoms. The van der Waals surface area contributed by atoms with Crippen molar-refractivity contribution in [1.29, 1.82) is 0 Å². The van der Waals surface area contributed by atoms with E-state index in [1.165, 1.54) is 0 Å². The van der Waals surface area contributed by atoms with E-state index in [4.69, 9.17) is 11.5 Å². The standard InChI is InChI=1S/C9H19N3O2/c1-2-3-4-5-7(10)9(14)12-6-8(11)13/h7H,2-6,10H2,1H3,(H2,11,13)(H,12,14). The third kappa shape index (κ3) is 6.42. The van der Waals surface area contributed by atoms with Gasteiger partial charge in [0.15, 0.2) is 0 Å². The van der Waals surface area contributed by atoms with E-state index < -0.39 is 11.9 Å². The molecule has 5 N–H and O–H groups in total. The molecule has 5 nitrogen and oxygen atoms in total. The number of amides is 2. The van der Waals surface area contributed by atoms with Crippen LogP contribution in [0.5, 0.6) is 0 Å². The minimum absolute atomic E-state index is 0.139. The van der Waals surface area contributed by atoms with Crippen LogP contribution in [0.2, 0.25) is 0 Å². The Balaban J connectivity index is 3.59. The Morgan fingerprint density at radius 1 is 1.36 bits per heavy atom. The zero-order valence-electron chi connectivity index (χ0n) is 8.58. The largest absolute Gasteiger partial charge is 0.368 e. The summed E-state index contributed by atoms with van der Waals surface area (Å²) in [5, 5.41) is 2.37. The molecule has 0 rings (SSSR count). The number of hydrogen-bond acceptors (Lipinski definition) is 3. The van der Waals surface area contributed by atoms with E-state index in [9.17, 15) is 9.59 Å². The highest BCUT2D eigenvalue weighted by Crippen LogP contribution is 2.01. The first kappa shape index (κ1) is 12.9. The molecule has 2 amide bonds. The summed E-state index contributed by atoms with van der Waals surface area (Å²) in [6, 6.07) is -0.527. The van der Waals surface area contributed by atoms with Crippen molar-refractivity contribution in [3.8, 4) is 0 Å².